The first kappa shape index (κ1) is 16.5. The molecule has 0 atom stereocenters. The number of sulfonamides is 1. The van der Waals surface area contributed by atoms with E-state index in [4.69, 9.17) is 11.6 Å². The summed E-state index contributed by atoms with van der Waals surface area (Å²) in [6.07, 6.45) is 0. The molecule has 0 fully saturated rings. The number of hydrogen-bond donors (Lipinski definition) is 2. The SMILES string of the molecule is CNS(=O)(=O)c1cc(NC(=O)c2cccc(Cl)c2)ccc1C. The lowest BCUT2D eigenvalue weighted by Crippen LogP contribution is -2.20. The van der Waals surface area contributed by atoms with E-state index in [1.54, 1.807) is 37.3 Å². The molecule has 2 aromatic carbocycles. The Bertz CT molecular complexity index is 819. The van der Waals surface area contributed by atoms with Crippen LogP contribution in [-0.4, -0.2) is 21.4 Å². The Morgan fingerprint density at radius 3 is 2.50 bits per heavy atom. The molecule has 0 aliphatic rings. The molecule has 0 bridgehead atoms. The summed E-state index contributed by atoms with van der Waals surface area (Å²) in [6.45, 7) is 1.69. The van der Waals surface area contributed by atoms with E-state index >= 15 is 0 Å². The highest BCUT2D eigenvalue weighted by Gasteiger charge is 2.16. The van der Waals surface area contributed by atoms with Crippen molar-refractivity contribution in [3.63, 3.8) is 0 Å². The zero-order chi connectivity index (χ0) is 16.3. The number of benzene rings is 2. The molecule has 0 radical (unpaired) electrons. The number of carbonyl (C=O) groups excluding carboxylic acids is 1. The highest BCUT2D eigenvalue weighted by molar-refractivity contribution is 7.89. The number of aryl methyl sites for hydroxylation is 1. The maximum Gasteiger partial charge on any atom is 0.255 e. The monoisotopic (exact) mass is 338 g/mol. The van der Waals surface area contributed by atoms with E-state index in [2.05, 4.69) is 10.0 Å². The molecule has 0 aliphatic heterocycles. The van der Waals surface area contributed by atoms with Crippen LogP contribution in [-0.2, 0) is 10.0 Å². The maximum atomic E-state index is 12.1. The minimum Gasteiger partial charge on any atom is -0.322 e. The molecule has 1 amide bonds. The van der Waals surface area contributed by atoms with Gasteiger partial charge in [-0.15, -0.1) is 0 Å². The average molecular weight is 339 g/mol. The highest BCUT2D eigenvalue weighted by atomic mass is 35.5. The van der Waals surface area contributed by atoms with Gasteiger partial charge in [-0.2, -0.15) is 0 Å². The van der Waals surface area contributed by atoms with Gasteiger partial charge in [0.15, 0.2) is 0 Å². The molecule has 0 spiro atoms. The zero-order valence-electron chi connectivity index (χ0n) is 12.1. The second-order valence-electron chi connectivity index (χ2n) is 4.65. The third-order valence-electron chi connectivity index (χ3n) is 3.09. The zero-order valence-corrected chi connectivity index (χ0v) is 13.6. The molecule has 0 heterocycles. The van der Waals surface area contributed by atoms with Crippen molar-refractivity contribution >= 4 is 33.2 Å². The fourth-order valence-electron chi connectivity index (χ4n) is 1.91. The first-order valence-electron chi connectivity index (χ1n) is 6.44. The summed E-state index contributed by atoms with van der Waals surface area (Å²) in [5, 5.41) is 3.11. The van der Waals surface area contributed by atoms with Gasteiger partial charge in [0, 0.05) is 16.3 Å². The molecule has 0 saturated carbocycles. The van der Waals surface area contributed by atoms with Crippen molar-refractivity contribution in [1.82, 2.24) is 4.72 Å². The normalized spacial score (nSPS) is 11.2. The van der Waals surface area contributed by atoms with Crippen molar-refractivity contribution in [2.45, 2.75) is 11.8 Å². The van der Waals surface area contributed by atoms with Crippen molar-refractivity contribution in [2.75, 3.05) is 12.4 Å². The fourth-order valence-corrected chi connectivity index (χ4v) is 3.09. The van der Waals surface area contributed by atoms with E-state index in [0.717, 1.165) is 0 Å². The third kappa shape index (κ3) is 3.65. The summed E-state index contributed by atoms with van der Waals surface area (Å²) in [6, 6.07) is 11.2. The van der Waals surface area contributed by atoms with Gasteiger partial charge >= 0.3 is 0 Å². The predicted octanol–water partition coefficient (Wildman–Crippen LogP) is 2.81. The maximum absolute atomic E-state index is 12.1. The van der Waals surface area contributed by atoms with E-state index in [-0.39, 0.29) is 10.8 Å². The number of amides is 1. The second kappa shape index (κ2) is 6.48. The largest absolute Gasteiger partial charge is 0.322 e. The number of anilines is 1. The van der Waals surface area contributed by atoms with Gasteiger partial charge in [0.2, 0.25) is 10.0 Å². The molecule has 116 valence electrons. The van der Waals surface area contributed by atoms with Crippen LogP contribution in [0.5, 0.6) is 0 Å². The smallest absolute Gasteiger partial charge is 0.255 e. The van der Waals surface area contributed by atoms with E-state index in [1.807, 2.05) is 0 Å². The first-order valence-corrected chi connectivity index (χ1v) is 8.31. The van der Waals surface area contributed by atoms with E-state index in [1.165, 1.54) is 19.2 Å². The Balaban J connectivity index is 2.31. The van der Waals surface area contributed by atoms with Crippen LogP contribution < -0.4 is 10.0 Å². The van der Waals surface area contributed by atoms with Crippen LogP contribution in [0.4, 0.5) is 5.69 Å². The highest BCUT2D eigenvalue weighted by Crippen LogP contribution is 2.21. The molecule has 0 saturated heterocycles. The third-order valence-corrected chi connectivity index (χ3v) is 4.88. The second-order valence-corrected chi connectivity index (χ2v) is 6.94. The quantitative estimate of drug-likeness (QED) is 0.900. The summed E-state index contributed by atoms with van der Waals surface area (Å²) >= 11 is 5.85. The number of rotatable bonds is 4. The standard InChI is InChI=1S/C15H15ClN2O3S/c1-10-6-7-13(9-14(10)22(20,21)17-2)18-15(19)11-4-3-5-12(16)8-11/h3-9,17H,1-2H3,(H,18,19). The van der Waals surface area contributed by atoms with E-state index in [9.17, 15) is 13.2 Å². The lowest BCUT2D eigenvalue weighted by Gasteiger charge is -2.10. The lowest BCUT2D eigenvalue weighted by molar-refractivity contribution is 0.102. The number of nitrogens with one attached hydrogen (secondary N) is 2. The minimum atomic E-state index is -3.58. The molecule has 2 N–H and O–H groups in total. The van der Waals surface area contributed by atoms with Gasteiger partial charge in [-0.05, 0) is 49.9 Å². The summed E-state index contributed by atoms with van der Waals surface area (Å²) in [5.41, 5.74) is 1.38. The molecule has 0 unspecified atom stereocenters. The molecule has 7 heteroatoms. The topological polar surface area (TPSA) is 75.3 Å². The van der Waals surface area contributed by atoms with Gasteiger partial charge < -0.3 is 5.32 Å². The van der Waals surface area contributed by atoms with Crippen LogP contribution in [0, 0.1) is 6.92 Å². The van der Waals surface area contributed by atoms with Crippen LogP contribution in [0.1, 0.15) is 15.9 Å². The fraction of sp³-hybridized carbons (Fsp3) is 0.133. The Morgan fingerprint density at radius 1 is 1.14 bits per heavy atom. The van der Waals surface area contributed by atoms with Crippen LogP contribution in [0.15, 0.2) is 47.4 Å². The number of halogens is 1. The van der Waals surface area contributed by atoms with Crippen molar-refractivity contribution < 1.29 is 13.2 Å². The molecule has 5 nitrogen and oxygen atoms in total. The van der Waals surface area contributed by atoms with Crippen LogP contribution in [0.3, 0.4) is 0 Å². The van der Waals surface area contributed by atoms with Gasteiger partial charge in [0.05, 0.1) is 4.90 Å². The van der Waals surface area contributed by atoms with Crippen LogP contribution >= 0.6 is 11.6 Å². The van der Waals surface area contributed by atoms with Crippen molar-refractivity contribution in [1.29, 1.82) is 0 Å². The summed E-state index contributed by atoms with van der Waals surface area (Å²) in [5.74, 6) is -0.362. The van der Waals surface area contributed by atoms with Gasteiger partial charge in [-0.25, -0.2) is 13.1 Å². The number of hydrogen-bond acceptors (Lipinski definition) is 3. The van der Waals surface area contributed by atoms with Crippen molar-refractivity contribution in [2.24, 2.45) is 0 Å². The minimum absolute atomic E-state index is 0.124. The summed E-state index contributed by atoms with van der Waals surface area (Å²) in [4.78, 5) is 12.3. The van der Waals surface area contributed by atoms with Crippen molar-refractivity contribution in [3.8, 4) is 0 Å². The van der Waals surface area contributed by atoms with E-state index in [0.29, 0.717) is 21.8 Å². The number of carbonyl (C=O) groups is 1. The van der Waals surface area contributed by atoms with Gasteiger partial charge in [0.1, 0.15) is 0 Å². The lowest BCUT2D eigenvalue weighted by atomic mass is 10.2. The molecule has 0 aliphatic carbocycles. The van der Waals surface area contributed by atoms with Gasteiger partial charge in [-0.1, -0.05) is 23.7 Å². The average Bonchev–Trinajstić information content (AvgIpc) is 2.49. The molecule has 0 aromatic heterocycles. The molecular formula is C15H15ClN2O3S. The molecule has 2 aromatic rings. The van der Waals surface area contributed by atoms with Gasteiger partial charge in [0.25, 0.3) is 5.91 Å². The van der Waals surface area contributed by atoms with Gasteiger partial charge in [-0.3, -0.25) is 4.79 Å². The van der Waals surface area contributed by atoms with Crippen LogP contribution in [0.2, 0.25) is 5.02 Å². The van der Waals surface area contributed by atoms with Crippen LogP contribution in [0.25, 0.3) is 0 Å². The Morgan fingerprint density at radius 2 is 1.86 bits per heavy atom. The Hall–Kier alpha value is -1.89. The van der Waals surface area contributed by atoms with Crippen molar-refractivity contribution in [3.05, 3.63) is 58.6 Å². The Kier molecular flexibility index (Phi) is 4.85. The van der Waals surface area contributed by atoms with E-state index < -0.39 is 10.0 Å². The molecule has 2 rings (SSSR count). The Labute approximate surface area is 134 Å². The first-order chi connectivity index (χ1) is 10.3. The summed E-state index contributed by atoms with van der Waals surface area (Å²) < 4.78 is 26.1. The summed E-state index contributed by atoms with van der Waals surface area (Å²) in [7, 11) is -2.24. The molecular weight excluding hydrogens is 324 g/mol. The predicted molar refractivity (Wildman–Crippen MR) is 86.8 cm³/mol. The molecule has 22 heavy (non-hydrogen) atoms.